The second-order valence-corrected chi connectivity index (χ2v) is 4.14. The number of carbonyl (C=O) groups is 1. The van der Waals surface area contributed by atoms with Crippen molar-refractivity contribution in [3.8, 4) is 11.3 Å². The first-order valence-corrected chi connectivity index (χ1v) is 5.46. The Morgan fingerprint density at radius 2 is 2.00 bits per heavy atom. The maximum absolute atomic E-state index is 11.9. The summed E-state index contributed by atoms with van der Waals surface area (Å²) in [5.41, 5.74) is 3.50. The van der Waals surface area contributed by atoms with Gasteiger partial charge in [0.15, 0.2) is 0 Å². The zero-order valence-electron chi connectivity index (χ0n) is 8.92. The van der Waals surface area contributed by atoms with Gasteiger partial charge in [0.1, 0.15) is 5.69 Å². The first-order valence-electron chi connectivity index (χ1n) is 5.46. The van der Waals surface area contributed by atoms with Crippen LogP contribution in [0.5, 0.6) is 0 Å². The molecule has 0 aliphatic carbocycles. The summed E-state index contributed by atoms with van der Waals surface area (Å²) >= 11 is 0. The number of fused-ring (bicyclic) bond motifs is 5. The normalized spacial score (nSPS) is 13.8. The van der Waals surface area contributed by atoms with Gasteiger partial charge < -0.3 is 4.57 Å². The van der Waals surface area contributed by atoms with E-state index in [0.717, 1.165) is 27.9 Å². The van der Waals surface area contributed by atoms with E-state index in [1.807, 2.05) is 41.1 Å². The van der Waals surface area contributed by atoms with Gasteiger partial charge in [-0.2, -0.15) is 0 Å². The summed E-state index contributed by atoms with van der Waals surface area (Å²) in [4.78, 5) is 16.4. The Labute approximate surface area is 97.3 Å². The SMILES string of the molecule is O=C1C=Cn2ccc3nc4ccccc4c-3c21. The van der Waals surface area contributed by atoms with Gasteiger partial charge in [-0.3, -0.25) is 4.79 Å². The molecule has 0 saturated heterocycles. The molecule has 3 aliphatic heterocycles. The number of hydrogen-bond donors (Lipinski definition) is 0. The van der Waals surface area contributed by atoms with E-state index in [4.69, 9.17) is 0 Å². The molecule has 0 N–H and O–H groups in total. The lowest BCUT2D eigenvalue weighted by molar-refractivity contribution is 0.104. The molecule has 0 unspecified atom stereocenters. The van der Waals surface area contributed by atoms with Gasteiger partial charge in [0.2, 0.25) is 5.78 Å². The largest absolute Gasteiger partial charge is 0.320 e. The molecule has 0 aromatic heterocycles. The molecule has 0 spiro atoms. The van der Waals surface area contributed by atoms with Gasteiger partial charge in [-0.1, -0.05) is 18.2 Å². The van der Waals surface area contributed by atoms with E-state index in [0.29, 0.717) is 0 Å². The third-order valence-electron chi connectivity index (χ3n) is 3.18. The van der Waals surface area contributed by atoms with Gasteiger partial charge in [0.05, 0.1) is 11.2 Å². The lowest BCUT2D eigenvalue weighted by Crippen LogP contribution is -2.02. The van der Waals surface area contributed by atoms with Crippen LogP contribution in [0, 0.1) is 0 Å². The Balaban J connectivity index is 2.26. The Hall–Kier alpha value is -2.42. The number of rotatable bonds is 0. The molecule has 0 saturated carbocycles. The first kappa shape index (κ1) is 8.70. The molecular formula is C14H8N2O. The molecule has 1 aromatic carbocycles. The van der Waals surface area contributed by atoms with Crippen molar-refractivity contribution < 1.29 is 4.79 Å². The number of benzene rings is 1. The van der Waals surface area contributed by atoms with Crippen LogP contribution in [-0.4, -0.2) is 15.3 Å². The minimum atomic E-state index is 0.0498. The van der Waals surface area contributed by atoms with Crippen LogP contribution in [-0.2, 0) is 0 Å². The molecule has 3 aliphatic rings. The van der Waals surface area contributed by atoms with E-state index in [1.54, 1.807) is 12.3 Å². The molecule has 0 fully saturated rings. The van der Waals surface area contributed by atoms with E-state index in [9.17, 15) is 4.79 Å². The first-order chi connectivity index (χ1) is 8.34. The Bertz CT molecular complexity index is 767. The maximum Gasteiger partial charge on any atom is 0.204 e. The lowest BCUT2D eigenvalue weighted by atomic mass is 10.0. The predicted molar refractivity (Wildman–Crippen MR) is 66.0 cm³/mol. The molecule has 0 radical (unpaired) electrons. The van der Waals surface area contributed by atoms with E-state index < -0.39 is 0 Å². The number of allylic oxidation sites excluding steroid dienone is 1. The summed E-state index contributed by atoms with van der Waals surface area (Å²) in [6, 6.07) is 9.86. The lowest BCUT2D eigenvalue weighted by Gasteiger charge is -2.07. The summed E-state index contributed by atoms with van der Waals surface area (Å²) in [5, 5.41) is 1.05. The van der Waals surface area contributed by atoms with E-state index in [-0.39, 0.29) is 5.78 Å². The zero-order chi connectivity index (χ0) is 11.4. The van der Waals surface area contributed by atoms with Crippen molar-refractivity contribution in [2.45, 2.75) is 0 Å². The summed E-state index contributed by atoms with van der Waals surface area (Å²) in [7, 11) is 0. The van der Waals surface area contributed by atoms with Crippen molar-refractivity contribution in [1.29, 1.82) is 0 Å². The standard InChI is InChI=1S/C14H8N2O/c17-12-6-8-16-7-5-11-13(14(12)16)9-3-1-2-4-10(9)15-11/h1-8H. The molecule has 4 rings (SSSR count). The average Bonchev–Trinajstić information content (AvgIpc) is 2.90. The smallest absolute Gasteiger partial charge is 0.204 e. The molecule has 0 bridgehead atoms. The van der Waals surface area contributed by atoms with Gasteiger partial charge in [0, 0.05) is 29.4 Å². The Kier molecular flexibility index (Phi) is 1.45. The van der Waals surface area contributed by atoms with Crippen LogP contribution in [0.2, 0.25) is 0 Å². The highest BCUT2D eigenvalue weighted by Gasteiger charge is 2.23. The van der Waals surface area contributed by atoms with Crippen LogP contribution in [0.25, 0.3) is 28.4 Å². The number of aromatic nitrogens is 2. The fourth-order valence-corrected chi connectivity index (χ4v) is 2.43. The van der Waals surface area contributed by atoms with Crippen molar-refractivity contribution in [1.82, 2.24) is 9.55 Å². The highest BCUT2D eigenvalue weighted by atomic mass is 16.1. The van der Waals surface area contributed by atoms with Gasteiger partial charge in [-0.25, -0.2) is 4.98 Å². The number of hydrogen-bond acceptors (Lipinski definition) is 2. The van der Waals surface area contributed by atoms with E-state index in [1.165, 1.54) is 0 Å². The fraction of sp³-hybridized carbons (Fsp3) is 0. The third kappa shape index (κ3) is 1.00. The second kappa shape index (κ2) is 2.83. The molecule has 17 heavy (non-hydrogen) atoms. The van der Waals surface area contributed by atoms with Gasteiger partial charge in [0.25, 0.3) is 0 Å². The number of para-hydroxylation sites is 1. The van der Waals surface area contributed by atoms with Gasteiger partial charge >= 0.3 is 0 Å². The van der Waals surface area contributed by atoms with Gasteiger partial charge in [-0.05, 0) is 12.1 Å². The molecule has 80 valence electrons. The minimum Gasteiger partial charge on any atom is -0.320 e. The monoisotopic (exact) mass is 220 g/mol. The summed E-state index contributed by atoms with van der Waals surface area (Å²) in [6.45, 7) is 0. The van der Waals surface area contributed by atoms with Crippen LogP contribution in [0.4, 0.5) is 0 Å². The van der Waals surface area contributed by atoms with Crippen molar-refractivity contribution in [3.05, 3.63) is 48.3 Å². The third-order valence-corrected chi connectivity index (χ3v) is 3.18. The zero-order valence-corrected chi connectivity index (χ0v) is 8.92. The van der Waals surface area contributed by atoms with Gasteiger partial charge in [-0.15, -0.1) is 0 Å². The Morgan fingerprint density at radius 3 is 2.94 bits per heavy atom. The van der Waals surface area contributed by atoms with Crippen molar-refractivity contribution in [3.63, 3.8) is 0 Å². The second-order valence-electron chi connectivity index (χ2n) is 4.14. The van der Waals surface area contributed by atoms with E-state index >= 15 is 0 Å². The molecule has 3 heteroatoms. The van der Waals surface area contributed by atoms with Crippen molar-refractivity contribution in [2.75, 3.05) is 0 Å². The topological polar surface area (TPSA) is 34.9 Å². The summed E-state index contributed by atoms with van der Waals surface area (Å²) in [6.07, 6.45) is 5.26. The highest BCUT2D eigenvalue weighted by molar-refractivity contribution is 6.16. The maximum atomic E-state index is 11.9. The number of ketones is 1. The van der Waals surface area contributed by atoms with Crippen LogP contribution in [0.3, 0.4) is 0 Å². The van der Waals surface area contributed by atoms with Crippen LogP contribution in [0.15, 0.2) is 42.6 Å². The van der Waals surface area contributed by atoms with Crippen molar-refractivity contribution in [2.24, 2.45) is 0 Å². The predicted octanol–water partition coefficient (Wildman–Crippen LogP) is 2.81. The molecule has 0 atom stereocenters. The fourth-order valence-electron chi connectivity index (χ4n) is 2.43. The quantitative estimate of drug-likeness (QED) is 0.584. The molecular weight excluding hydrogens is 212 g/mol. The minimum absolute atomic E-state index is 0.0498. The highest BCUT2D eigenvalue weighted by Crippen LogP contribution is 2.35. The summed E-state index contributed by atoms with van der Waals surface area (Å²) in [5.74, 6) is 0.0498. The van der Waals surface area contributed by atoms with Crippen LogP contribution >= 0.6 is 0 Å². The average molecular weight is 220 g/mol. The number of pyridine rings is 1. The molecule has 3 heterocycles. The van der Waals surface area contributed by atoms with Crippen LogP contribution < -0.4 is 0 Å². The molecule has 1 aromatic rings. The molecule has 3 nitrogen and oxygen atoms in total. The summed E-state index contributed by atoms with van der Waals surface area (Å²) < 4.78 is 1.86. The van der Waals surface area contributed by atoms with Crippen LogP contribution in [0.1, 0.15) is 10.5 Å². The number of carbonyl (C=O) groups excluding carboxylic acids is 1. The molecule has 0 amide bonds. The van der Waals surface area contributed by atoms with Crippen molar-refractivity contribution >= 4 is 22.9 Å². The number of nitrogens with zero attached hydrogens (tertiary/aromatic N) is 2. The van der Waals surface area contributed by atoms with E-state index in [2.05, 4.69) is 4.98 Å². The Morgan fingerprint density at radius 1 is 1.12 bits per heavy atom.